The Labute approximate surface area is 143 Å². The second kappa shape index (κ2) is 7.14. The van der Waals surface area contributed by atoms with Crippen LogP contribution in [0, 0.1) is 19.8 Å². The molecule has 4 nitrogen and oxygen atoms in total. The minimum atomic E-state index is -0.670. The Hall–Kier alpha value is -2.20. The van der Waals surface area contributed by atoms with Crippen LogP contribution in [0.4, 0.5) is 0 Å². The first kappa shape index (κ1) is 16.7. The molecule has 0 spiro atoms. The van der Waals surface area contributed by atoms with Crippen LogP contribution in [0.1, 0.15) is 41.3 Å². The molecule has 1 fully saturated rings. The van der Waals surface area contributed by atoms with Crippen LogP contribution in [0.15, 0.2) is 42.6 Å². The second-order valence-electron chi connectivity index (χ2n) is 6.61. The minimum absolute atomic E-state index is 0.0853. The largest absolute Gasteiger partial charge is 0.481 e. The molecule has 1 aromatic heterocycles. The number of carbonyl (C=O) groups is 1. The van der Waals surface area contributed by atoms with Gasteiger partial charge in [0, 0.05) is 6.20 Å². The molecular formula is C20H24N2O2. The maximum Gasteiger partial charge on any atom is 0.306 e. The normalized spacial score (nSPS) is 17.6. The monoisotopic (exact) mass is 324 g/mol. The smallest absolute Gasteiger partial charge is 0.306 e. The van der Waals surface area contributed by atoms with E-state index in [1.807, 2.05) is 12.3 Å². The van der Waals surface area contributed by atoms with Crippen molar-refractivity contribution in [1.82, 2.24) is 9.88 Å². The van der Waals surface area contributed by atoms with E-state index in [1.54, 1.807) is 0 Å². The van der Waals surface area contributed by atoms with Gasteiger partial charge in [-0.1, -0.05) is 30.3 Å². The van der Waals surface area contributed by atoms with E-state index >= 15 is 0 Å². The standard InChI is InChI=1S/C20H24N2O2/c1-14-6-3-4-8-17(14)19(18-15(2)7-5-11-21-18)22-12-9-16(10-13-22)20(23)24/h3-8,11,16,19H,9-10,12-13H2,1-2H3,(H,23,24). The van der Waals surface area contributed by atoms with Crippen molar-refractivity contribution in [1.29, 1.82) is 0 Å². The molecule has 1 atom stereocenters. The molecule has 24 heavy (non-hydrogen) atoms. The molecule has 1 N–H and O–H groups in total. The predicted molar refractivity (Wildman–Crippen MR) is 93.9 cm³/mol. The minimum Gasteiger partial charge on any atom is -0.481 e. The van der Waals surface area contributed by atoms with Crippen LogP contribution >= 0.6 is 0 Å². The maximum atomic E-state index is 11.2. The number of nitrogens with zero attached hydrogens (tertiary/aromatic N) is 2. The summed E-state index contributed by atoms with van der Waals surface area (Å²) in [6.45, 7) is 5.79. The molecule has 1 aliphatic heterocycles. The molecule has 4 heteroatoms. The zero-order chi connectivity index (χ0) is 17.1. The summed E-state index contributed by atoms with van der Waals surface area (Å²) in [5, 5.41) is 9.25. The first-order valence-electron chi connectivity index (χ1n) is 8.52. The summed E-state index contributed by atoms with van der Waals surface area (Å²) in [6.07, 6.45) is 3.24. The molecule has 1 saturated heterocycles. The van der Waals surface area contributed by atoms with Crippen LogP contribution in [-0.4, -0.2) is 34.0 Å². The van der Waals surface area contributed by atoms with Gasteiger partial charge in [0.05, 0.1) is 17.7 Å². The van der Waals surface area contributed by atoms with Crippen molar-refractivity contribution in [3.63, 3.8) is 0 Å². The highest BCUT2D eigenvalue weighted by molar-refractivity contribution is 5.70. The fourth-order valence-electron chi connectivity index (χ4n) is 3.60. The summed E-state index contributed by atoms with van der Waals surface area (Å²) in [5.41, 5.74) is 4.74. The fourth-order valence-corrected chi connectivity index (χ4v) is 3.60. The van der Waals surface area contributed by atoms with Gasteiger partial charge in [-0.05, 0) is 62.5 Å². The van der Waals surface area contributed by atoms with Crippen LogP contribution in [0.3, 0.4) is 0 Å². The Morgan fingerprint density at radius 1 is 1.12 bits per heavy atom. The molecule has 2 aromatic rings. The van der Waals surface area contributed by atoms with Gasteiger partial charge in [-0.2, -0.15) is 0 Å². The van der Waals surface area contributed by atoms with Gasteiger partial charge in [-0.15, -0.1) is 0 Å². The molecule has 0 saturated carbocycles. The van der Waals surface area contributed by atoms with E-state index in [9.17, 15) is 9.90 Å². The van der Waals surface area contributed by atoms with Crippen molar-refractivity contribution in [3.8, 4) is 0 Å². The van der Waals surface area contributed by atoms with Gasteiger partial charge in [-0.25, -0.2) is 0 Å². The van der Waals surface area contributed by atoms with E-state index in [0.717, 1.165) is 18.8 Å². The first-order valence-corrected chi connectivity index (χ1v) is 8.52. The average molecular weight is 324 g/mol. The Kier molecular flexibility index (Phi) is 4.95. The molecule has 0 amide bonds. The number of carboxylic acids is 1. The predicted octanol–water partition coefficient (Wildman–Crippen LogP) is 3.58. The summed E-state index contributed by atoms with van der Waals surface area (Å²) in [5.74, 6) is -0.889. The number of hydrogen-bond donors (Lipinski definition) is 1. The van der Waals surface area contributed by atoms with E-state index in [-0.39, 0.29) is 12.0 Å². The zero-order valence-corrected chi connectivity index (χ0v) is 14.3. The number of aryl methyl sites for hydroxylation is 2. The number of carboxylic acid groups (broad SMARTS) is 1. The van der Waals surface area contributed by atoms with E-state index in [2.05, 4.69) is 54.1 Å². The lowest BCUT2D eigenvalue weighted by Crippen LogP contribution is -2.40. The van der Waals surface area contributed by atoms with Crippen LogP contribution in [0.25, 0.3) is 0 Å². The molecule has 1 unspecified atom stereocenters. The Morgan fingerprint density at radius 2 is 1.79 bits per heavy atom. The summed E-state index contributed by atoms with van der Waals surface area (Å²) in [6, 6.07) is 12.6. The molecule has 1 aromatic carbocycles. The van der Waals surface area contributed by atoms with Crippen LogP contribution in [0.5, 0.6) is 0 Å². The highest BCUT2D eigenvalue weighted by Gasteiger charge is 2.31. The highest BCUT2D eigenvalue weighted by atomic mass is 16.4. The van der Waals surface area contributed by atoms with Crippen molar-refractivity contribution < 1.29 is 9.90 Å². The zero-order valence-electron chi connectivity index (χ0n) is 14.3. The number of pyridine rings is 1. The topological polar surface area (TPSA) is 53.4 Å². The highest BCUT2D eigenvalue weighted by Crippen LogP contribution is 2.34. The van der Waals surface area contributed by atoms with Crippen LogP contribution < -0.4 is 0 Å². The third kappa shape index (κ3) is 3.34. The number of piperidine rings is 1. The van der Waals surface area contributed by atoms with Gasteiger partial charge in [0.25, 0.3) is 0 Å². The van der Waals surface area contributed by atoms with Gasteiger partial charge in [-0.3, -0.25) is 14.7 Å². The Morgan fingerprint density at radius 3 is 2.42 bits per heavy atom. The van der Waals surface area contributed by atoms with Crippen molar-refractivity contribution in [2.45, 2.75) is 32.7 Å². The third-order valence-corrected chi connectivity index (χ3v) is 5.04. The van der Waals surface area contributed by atoms with E-state index in [0.29, 0.717) is 12.8 Å². The third-order valence-electron chi connectivity index (χ3n) is 5.04. The van der Waals surface area contributed by atoms with Gasteiger partial charge in [0.15, 0.2) is 0 Å². The number of rotatable bonds is 4. The van der Waals surface area contributed by atoms with E-state index in [4.69, 9.17) is 0 Å². The molecule has 0 radical (unpaired) electrons. The number of aromatic nitrogens is 1. The SMILES string of the molecule is Cc1ccccc1C(c1ncccc1C)N1CCC(C(=O)O)CC1. The van der Waals surface area contributed by atoms with Gasteiger partial charge in [0.2, 0.25) is 0 Å². The Bertz CT molecular complexity index is 676. The van der Waals surface area contributed by atoms with Crippen LogP contribution in [0.2, 0.25) is 0 Å². The number of likely N-dealkylation sites (tertiary alicyclic amines) is 1. The summed E-state index contributed by atoms with van der Waals surface area (Å²) in [7, 11) is 0. The summed E-state index contributed by atoms with van der Waals surface area (Å²) in [4.78, 5) is 18.3. The molecule has 126 valence electrons. The van der Waals surface area contributed by atoms with Gasteiger partial charge in [0.1, 0.15) is 0 Å². The van der Waals surface area contributed by atoms with Crippen molar-refractivity contribution >= 4 is 5.97 Å². The van der Waals surface area contributed by atoms with E-state index in [1.165, 1.54) is 16.7 Å². The number of benzene rings is 1. The molecule has 0 bridgehead atoms. The quantitative estimate of drug-likeness (QED) is 0.934. The maximum absolute atomic E-state index is 11.2. The Balaban J connectivity index is 1.97. The molecule has 0 aliphatic carbocycles. The first-order chi connectivity index (χ1) is 11.6. The second-order valence-corrected chi connectivity index (χ2v) is 6.61. The molecule has 3 rings (SSSR count). The van der Waals surface area contributed by atoms with Crippen LogP contribution in [-0.2, 0) is 4.79 Å². The number of aliphatic carboxylic acids is 1. The van der Waals surface area contributed by atoms with Gasteiger partial charge >= 0.3 is 5.97 Å². The average Bonchev–Trinajstić information content (AvgIpc) is 2.59. The molecular weight excluding hydrogens is 300 g/mol. The van der Waals surface area contributed by atoms with Crippen molar-refractivity contribution in [3.05, 3.63) is 65.0 Å². The number of hydrogen-bond acceptors (Lipinski definition) is 3. The lowest BCUT2D eigenvalue weighted by Gasteiger charge is -2.37. The summed E-state index contributed by atoms with van der Waals surface area (Å²) < 4.78 is 0. The van der Waals surface area contributed by atoms with Crippen molar-refractivity contribution in [2.24, 2.45) is 5.92 Å². The fraction of sp³-hybridized carbons (Fsp3) is 0.400. The lowest BCUT2D eigenvalue weighted by molar-refractivity contribution is -0.143. The van der Waals surface area contributed by atoms with Crippen molar-refractivity contribution in [2.75, 3.05) is 13.1 Å². The van der Waals surface area contributed by atoms with E-state index < -0.39 is 5.97 Å². The molecule has 2 heterocycles. The van der Waals surface area contributed by atoms with Gasteiger partial charge < -0.3 is 5.11 Å². The lowest BCUT2D eigenvalue weighted by atomic mass is 9.90. The summed E-state index contributed by atoms with van der Waals surface area (Å²) >= 11 is 0. The molecule has 1 aliphatic rings.